The molecule has 0 spiro atoms. The number of imidazole rings is 1. The summed E-state index contributed by atoms with van der Waals surface area (Å²) >= 11 is 3.33. The minimum atomic E-state index is -0.459. The summed E-state index contributed by atoms with van der Waals surface area (Å²) in [5.74, 6) is 0.202. The lowest BCUT2D eigenvalue weighted by Gasteiger charge is -2.03. The van der Waals surface area contributed by atoms with E-state index in [1.165, 1.54) is 12.1 Å². The van der Waals surface area contributed by atoms with E-state index in [0.29, 0.717) is 16.5 Å². The van der Waals surface area contributed by atoms with Gasteiger partial charge in [-0.05, 0) is 18.2 Å². The van der Waals surface area contributed by atoms with E-state index in [1.807, 2.05) is 0 Å². The summed E-state index contributed by atoms with van der Waals surface area (Å²) in [5, 5.41) is 3.85. The highest BCUT2D eigenvalue weighted by Crippen LogP contribution is 2.27. The third kappa shape index (κ3) is 3.01. The molecule has 3 N–H and O–H groups in total. The van der Waals surface area contributed by atoms with Crippen LogP contribution in [0.25, 0.3) is 11.4 Å². The predicted octanol–water partition coefficient (Wildman–Crippen LogP) is 2.60. The lowest BCUT2D eigenvalue weighted by Crippen LogP contribution is -2.14. The van der Waals surface area contributed by atoms with Crippen molar-refractivity contribution in [2.45, 2.75) is 12.5 Å². The first-order valence-electron chi connectivity index (χ1n) is 6.15. The van der Waals surface area contributed by atoms with Crippen molar-refractivity contribution < 1.29 is 8.91 Å². The average molecular weight is 352 g/mol. The fourth-order valence-electron chi connectivity index (χ4n) is 1.88. The summed E-state index contributed by atoms with van der Waals surface area (Å²) in [6.45, 7) is 0. The number of rotatable bonds is 4. The van der Waals surface area contributed by atoms with Crippen molar-refractivity contribution in [2.24, 2.45) is 5.73 Å². The molecule has 6 nitrogen and oxygen atoms in total. The molecule has 2 aromatic heterocycles. The minimum Gasteiger partial charge on any atom is -0.348 e. The third-order valence-electron chi connectivity index (χ3n) is 2.92. The molecule has 108 valence electrons. The molecule has 0 aliphatic rings. The van der Waals surface area contributed by atoms with Crippen LogP contribution in [0.5, 0.6) is 0 Å². The lowest BCUT2D eigenvalue weighted by atomic mass is 10.2. The van der Waals surface area contributed by atoms with Crippen LogP contribution in [0, 0.1) is 5.82 Å². The maximum atomic E-state index is 13.3. The number of halogens is 2. The van der Waals surface area contributed by atoms with Crippen LogP contribution in [0.3, 0.4) is 0 Å². The first-order chi connectivity index (χ1) is 10.1. The Morgan fingerprint density at radius 2 is 2.29 bits per heavy atom. The van der Waals surface area contributed by atoms with E-state index in [0.717, 1.165) is 5.69 Å². The highest BCUT2D eigenvalue weighted by atomic mass is 79.9. The van der Waals surface area contributed by atoms with Gasteiger partial charge in [0.15, 0.2) is 0 Å². The molecule has 8 heteroatoms. The Morgan fingerprint density at radius 3 is 3.05 bits per heavy atom. The lowest BCUT2D eigenvalue weighted by molar-refractivity contribution is 0.354. The number of benzene rings is 1. The van der Waals surface area contributed by atoms with E-state index in [1.54, 1.807) is 18.6 Å². The van der Waals surface area contributed by atoms with Crippen molar-refractivity contribution in [3.63, 3.8) is 0 Å². The summed E-state index contributed by atoms with van der Waals surface area (Å²) in [5.41, 5.74) is 7.40. The molecule has 1 aromatic carbocycles. The number of H-pyrrole nitrogens is 1. The summed E-state index contributed by atoms with van der Waals surface area (Å²) in [6, 6.07) is 3.81. The minimum absolute atomic E-state index is 0.288. The summed E-state index contributed by atoms with van der Waals surface area (Å²) < 4.78 is 19.1. The zero-order valence-corrected chi connectivity index (χ0v) is 12.3. The largest absolute Gasteiger partial charge is 0.348 e. The maximum Gasteiger partial charge on any atom is 0.244 e. The van der Waals surface area contributed by atoms with Gasteiger partial charge in [0, 0.05) is 28.3 Å². The molecular weight excluding hydrogens is 341 g/mol. The van der Waals surface area contributed by atoms with Gasteiger partial charge in [-0.1, -0.05) is 21.1 Å². The third-order valence-corrected chi connectivity index (χ3v) is 3.61. The van der Waals surface area contributed by atoms with Gasteiger partial charge in [0.25, 0.3) is 0 Å². The van der Waals surface area contributed by atoms with E-state index in [4.69, 9.17) is 10.3 Å². The highest BCUT2D eigenvalue weighted by molar-refractivity contribution is 9.10. The number of hydrogen-bond acceptors (Lipinski definition) is 5. The first kappa shape index (κ1) is 13.9. The molecule has 0 aliphatic heterocycles. The number of aromatic amines is 1. The molecule has 3 aromatic rings. The molecule has 3 rings (SSSR count). The van der Waals surface area contributed by atoms with Crippen LogP contribution in [0.1, 0.15) is 17.6 Å². The van der Waals surface area contributed by atoms with Crippen LogP contribution >= 0.6 is 15.9 Å². The van der Waals surface area contributed by atoms with E-state index in [-0.39, 0.29) is 17.5 Å². The van der Waals surface area contributed by atoms with Crippen LogP contribution in [0.15, 0.2) is 39.7 Å². The summed E-state index contributed by atoms with van der Waals surface area (Å²) in [6.07, 6.45) is 3.75. The molecule has 2 heterocycles. The van der Waals surface area contributed by atoms with Crippen molar-refractivity contribution in [3.8, 4) is 11.4 Å². The van der Waals surface area contributed by atoms with E-state index in [9.17, 15) is 4.39 Å². The predicted molar refractivity (Wildman–Crippen MR) is 76.6 cm³/mol. The number of nitrogens with zero attached hydrogens (tertiary/aromatic N) is 3. The van der Waals surface area contributed by atoms with Crippen molar-refractivity contribution in [1.82, 2.24) is 20.1 Å². The van der Waals surface area contributed by atoms with Crippen molar-refractivity contribution in [1.29, 1.82) is 0 Å². The molecule has 1 atom stereocenters. The maximum absolute atomic E-state index is 13.3. The molecule has 0 saturated heterocycles. The van der Waals surface area contributed by atoms with Gasteiger partial charge in [0.1, 0.15) is 5.82 Å². The van der Waals surface area contributed by atoms with Gasteiger partial charge >= 0.3 is 0 Å². The SMILES string of the molecule is N[C@@H](Cc1cnc[nH]1)c1nc(-c2cc(F)ccc2Br)no1. The summed E-state index contributed by atoms with van der Waals surface area (Å²) in [4.78, 5) is 11.1. The second-order valence-electron chi connectivity index (χ2n) is 4.47. The van der Waals surface area contributed by atoms with Crippen LogP contribution in [-0.2, 0) is 6.42 Å². The Balaban J connectivity index is 1.84. The number of hydrogen-bond donors (Lipinski definition) is 2. The Kier molecular flexibility index (Phi) is 3.80. The standard InChI is InChI=1S/C13H11BrFN5O/c14-10-2-1-7(15)3-9(10)12-19-13(21-20-12)11(16)4-8-5-17-6-18-8/h1-3,5-6,11H,4,16H2,(H,17,18)/t11-/m0/s1. The van der Waals surface area contributed by atoms with Crippen LogP contribution < -0.4 is 5.73 Å². The van der Waals surface area contributed by atoms with Crippen molar-refractivity contribution in [3.05, 3.63) is 52.6 Å². The van der Waals surface area contributed by atoms with E-state index >= 15 is 0 Å². The number of aromatic nitrogens is 4. The van der Waals surface area contributed by atoms with Crippen LogP contribution in [-0.4, -0.2) is 20.1 Å². The second kappa shape index (κ2) is 5.74. The Labute approximate surface area is 127 Å². The topological polar surface area (TPSA) is 93.6 Å². The van der Waals surface area contributed by atoms with Gasteiger partial charge < -0.3 is 15.2 Å². The molecule has 0 radical (unpaired) electrons. The summed E-state index contributed by atoms with van der Waals surface area (Å²) in [7, 11) is 0. The van der Waals surface area contributed by atoms with Crippen molar-refractivity contribution in [2.75, 3.05) is 0 Å². The van der Waals surface area contributed by atoms with Gasteiger partial charge in [-0.3, -0.25) is 0 Å². The number of nitrogens with two attached hydrogens (primary N) is 1. The van der Waals surface area contributed by atoms with Crippen molar-refractivity contribution >= 4 is 15.9 Å². The smallest absolute Gasteiger partial charge is 0.244 e. The molecule has 0 saturated carbocycles. The van der Waals surface area contributed by atoms with Gasteiger partial charge in [0.2, 0.25) is 11.7 Å². The zero-order valence-electron chi connectivity index (χ0n) is 10.8. The first-order valence-corrected chi connectivity index (χ1v) is 6.94. The molecular formula is C13H11BrFN5O. The second-order valence-corrected chi connectivity index (χ2v) is 5.32. The average Bonchev–Trinajstić information content (AvgIpc) is 3.12. The van der Waals surface area contributed by atoms with Gasteiger partial charge in [-0.2, -0.15) is 4.98 Å². The number of nitrogens with one attached hydrogen (secondary N) is 1. The molecule has 0 fully saturated rings. The monoisotopic (exact) mass is 351 g/mol. The van der Waals surface area contributed by atoms with Gasteiger partial charge in [0.05, 0.1) is 12.4 Å². The van der Waals surface area contributed by atoms with Gasteiger partial charge in [-0.15, -0.1) is 0 Å². The Bertz CT molecular complexity index is 743. The van der Waals surface area contributed by atoms with Crippen LogP contribution in [0.2, 0.25) is 0 Å². The molecule has 0 aliphatic carbocycles. The fourth-order valence-corrected chi connectivity index (χ4v) is 2.31. The van der Waals surface area contributed by atoms with E-state index < -0.39 is 6.04 Å². The van der Waals surface area contributed by atoms with Gasteiger partial charge in [-0.25, -0.2) is 9.37 Å². The molecule has 0 amide bonds. The molecule has 0 unspecified atom stereocenters. The quantitative estimate of drug-likeness (QED) is 0.753. The normalized spacial score (nSPS) is 12.5. The van der Waals surface area contributed by atoms with Crippen LogP contribution in [0.4, 0.5) is 4.39 Å². The Morgan fingerprint density at radius 1 is 1.43 bits per heavy atom. The highest BCUT2D eigenvalue weighted by Gasteiger charge is 2.18. The zero-order chi connectivity index (χ0) is 14.8. The fraction of sp³-hybridized carbons (Fsp3) is 0.154. The molecule has 21 heavy (non-hydrogen) atoms. The van der Waals surface area contributed by atoms with E-state index in [2.05, 4.69) is 36.0 Å². The molecule has 0 bridgehead atoms. The Hall–Kier alpha value is -2.06.